The Morgan fingerprint density at radius 3 is 2.39 bits per heavy atom. The van der Waals surface area contributed by atoms with Crippen molar-refractivity contribution in [1.29, 1.82) is 0 Å². The average molecular weight is 247 g/mol. The van der Waals surface area contributed by atoms with Crippen LogP contribution in [0.15, 0.2) is 18.3 Å². The van der Waals surface area contributed by atoms with Gasteiger partial charge in [0.25, 0.3) is 0 Å². The highest BCUT2D eigenvalue weighted by Crippen LogP contribution is 2.29. The van der Waals surface area contributed by atoms with Gasteiger partial charge in [0.05, 0.1) is 0 Å². The quantitative estimate of drug-likeness (QED) is 0.515. The van der Waals surface area contributed by atoms with Crippen LogP contribution in [0.25, 0.3) is 0 Å². The molecule has 0 N–H and O–H groups in total. The van der Waals surface area contributed by atoms with Crippen molar-refractivity contribution >= 4 is 0 Å². The van der Waals surface area contributed by atoms with Crippen molar-refractivity contribution in [3.8, 4) is 0 Å². The SMILES string of the molecule is CCCCCCC(CCCC)c1cccnc1C. The molecule has 0 bridgehead atoms. The van der Waals surface area contributed by atoms with Crippen molar-refractivity contribution in [1.82, 2.24) is 4.98 Å². The van der Waals surface area contributed by atoms with Crippen molar-refractivity contribution in [2.75, 3.05) is 0 Å². The molecule has 1 unspecified atom stereocenters. The molecule has 0 aliphatic carbocycles. The van der Waals surface area contributed by atoms with E-state index < -0.39 is 0 Å². The number of hydrogen-bond donors (Lipinski definition) is 0. The maximum Gasteiger partial charge on any atom is 0.0407 e. The molecule has 1 heteroatoms. The molecule has 0 aliphatic rings. The number of nitrogens with zero attached hydrogens (tertiary/aromatic N) is 1. The smallest absolute Gasteiger partial charge is 0.0407 e. The van der Waals surface area contributed by atoms with Gasteiger partial charge >= 0.3 is 0 Å². The molecule has 1 aromatic heterocycles. The number of hydrogen-bond acceptors (Lipinski definition) is 1. The van der Waals surface area contributed by atoms with Crippen LogP contribution in [0.1, 0.15) is 82.4 Å². The lowest BCUT2D eigenvalue weighted by molar-refractivity contribution is 0.506. The highest BCUT2D eigenvalue weighted by Gasteiger charge is 2.13. The Labute approximate surface area is 113 Å². The Hall–Kier alpha value is -0.850. The topological polar surface area (TPSA) is 12.9 Å². The molecule has 0 aliphatic heterocycles. The lowest BCUT2D eigenvalue weighted by atomic mass is 9.88. The third kappa shape index (κ3) is 5.20. The number of aryl methyl sites for hydroxylation is 1. The highest BCUT2D eigenvalue weighted by molar-refractivity contribution is 5.22. The molecule has 18 heavy (non-hydrogen) atoms. The minimum atomic E-state index is 0.732. The van der Waals surface area contributed by atoms with Gasteiger partial charge in [-0.25, -0.2) is 0 Å². The van der Waals surface area contributed by atoms with E-state index in [9.17, 15) is 0 Å². The molecule has 0 aromatic carbocycles. The fourth-order valence-electron chi connectivity index (χ4n) is 2.65. The fourth-order valence-corrected chi connectivity index (χ4v) is 2.65. The number of unbranched alkanes of at least 4 members (excludes halogenated alkanes) is 4. The van der Waals surface area contributed by atoms with Gasteiger partial charge < -0.3 is 0 Å². The largest absolute Gasteiger partial charge is 0.261 e. The number of rotatable bonds is 9. The summed E-state index contributed by atoms with van der Waals surface area (Å²) in [7, 11) is 0. The van der Waals surface area contributed by atoms with Crippen molar-refractivity contribution in [2.24, 2.45) is 0 Å². The van der Waals surface area contributed by atoms with Gasteiger partial charge in [0.15, 0.2) is 0 Å². The van der Waals surface area contributed by atoms with Gasteiger partial charge in [-0.15, -0.1) is 0 Å². The van der Waals surface area contributed by atoms with Gasteiger partial charge in [-0.3, -0.25) is 4.98 Å². The molecule has 0 spiro atoms. The third-order valence-corrected chi connectivity index (χ3v) is 3.80. The van der Waals surface area contributed by atoms with Crippen LogP contribution >= 0.6 is 0 Å². The van der Waals surface area contributed by atoms with E-state index in [1.54, 1.807) is 0 Å². The number of aromatic nitrogens is 1. The van der Waals surface area contributed by atoms with Crippen LogP contribution in [-0.2, 0) is 0 Å². The summed E-state index contributed by atoms with van der Waals surface area (Å²) < 4.78 is 0. The van der Waals surface area contributed by atoms with E-state index in [4.69, 9.17) is 0 Å². The van der Waals surface area contributed by atoms with Crippen LogP contribution < -0.4 is 0 Å². The van der Waals surface area contributed by atoms with E-state index in [1.807, 2.05) is 6.20 Å². The second-order valence-electron chi connectivity index (χ2n) is 5.37. The predicted molar refractivity (Wildman–Crippen MR) is 80.0 cm³/mol. The second kappa shape index (κ2) is 9.13. The summed E-state index contributed by atoms with van der Waals surface area (Å²) in [4.78, 5) is 4.45. The maximum atomic E-state index is 4.45. The van der Waals surface area contributed by atoms with E-state index in [2.05, 4.69) is 37.9 Å². The average Bonchev–Trinajstić information content (AvgIpc) is 2.39. The molecule has 0 saturated heterocycles. The van der Waals surface area contributed by atoms with E-state index in [-0.39, 0.29) is 0 Å². The van der Waals surface area contributed by atoms with Gasteiger partial charge in [0, 0.05) is 11.9 Å². The molecular weight excluding hydrogens is 218 g/mol. The molecule has 1 rings (SSSR count). The monoisotopic (exact) mass is 247 g/mol. The van der Waals surface area contributed by atoms with Crippen molar-refractivity contribution in [3.05, 3.63) is 29.6 Å². The predicted octanol–water partition coefficient (Wildman–Crippen LogP) is 5.63. The fraction of sp³-hybridized carbons (Fsp3) is 0.706. The summed E-state index contributed by atoms with van der Waals surface area (Å²) in [5, 5.41) is 0. The zero-order valence-electron chi connectivity index (χ0n) is 12.4. The van der Waals surface area contributed by atoms with Gasteiger partial charge in [0.2, 0.25) is 0 Å². The van der Waals surface area contributed by atoms with Crippen LogP contribution in [0, 0.1) is 6.92 Å². The highest BCUT2D eigenvalue weighted by atomic mass is 14.7. The summed E-state index contributed by atoms with van der Waals surface area (Å²) in [6, 6.07) is 4.37. The minimum absolute atomic E-state index is 0.732. The Bertz CT molecular complexity index is 319. The zero-order chi connectivity index (χ0) is 13.2. The molecule has 0 saturated carbocycles. The number of pyridine rings is 1. The molecule has 1 aromatic rings. The summed E-state index contributed by atoms with van der Waals surface area (Å²) in [5.41, 5.74) is 2.72. The zero-order valence-corrected chi connectivity index (χ0v) is 12.4. The first-order chi connectivity index (χ1) is 8.79. The molecule has 1 atom stereocenters. The normalized spacial score (nSPS) is 12.6. The Morgan fingerprint density at radius 2 is 1.72 bits per heavy atom. The van der Waals surface area contributed by atoms with Crippen molar-refractivity contribution < 1.29 is 0 Å². The van der Waals surface area contributed by atoms with Crippen LogP contribution in [0.5, 0.6) is 0 Å². The summed E-state index contributed by atoms with van der Waals surface area (Å²) in [5.74, 6) is 0.732. The Balaban J connectivity index is 2.57. The first kappa shape index (κ1) is 15.2. The molecule has 0 fully saturated rings. The summed E-state index contributed by atoms with van der Waals surface area (Å²) in [6.45, 7) is 6.71. The van der Waals surface area contributed by atoms with E-state index in [1.165, 1.54) is 62.6 Å². The first-order valence-electron chi connectivity index (χ1n) is 7.71. The van der Waals surface area contributed by atoms with Gasteiger partial charge in [-0.1, -0.05) is 58.4 Å². The molecule has 1 heterocycles. The van der Waals surface area contributed by atoms with Crippen LogP contribution in [-0.4, -0.2) is 4.98 Å². The van der Waals surface area contributed by atoms with Crippen LogP contribution in [0.2, 0.25) is 0 Å². The first-order valence-corrected chi connectivity index (χ1v) is 7.71. The maximum absolute atomic E-state index is 4.45. The van der Waals surface area contributed by atoms with Crippen LogP contribution in [0.3, 0.4) is 0 Å². The van der Waals surface area contributed by atoms with E-state index >= 15 is 0 Å². The van der Waals surface area contributed by atoms with E-state index in [0.29, 0.717) is 0 Å². The Kier molecular flexibility index (Phi) is 7.71. The summed E-state index contributed by atoms with van der Waals surface area (Å²) in [6.07, 6.45) is 12.7. The molecular formula is C17H29N. The van der Waals surface area contributed by atoms with Gasteiger partial charge in [-0.2, -0.15) is 0 Å². The summed E-state index contributed by atoms with van der Waals surface area (Å²) >= 11 is 0. The molecule has 102 valence electrons. The third-order valence-electron chi connectivity index (χ3n) is 3.80. The van der Waals surface area contributed by atoms with Crippen molar-refractivity contribution in [3.63, 3.8) is 0 Å². The second-order valence-corrected chi connectivity index (χ2v) is 5.37. The van der Waals surface area contributed by atoms with E-state index in [0.717, 1.165) is 5.92 Å². The van der Waals surface area contributed by atoms with Crippen LogP contribution in [0.4, 0.5) is 0 Å². The lowest BCUT2D eigenvalue weighted by Gasteiger charge is -2.18. The standard InChI is InChI=1S/C17H29N/c1-4-6-8-9-12-16(11-7-5-2)17-13-10-14-18-15(17)3/h10,13-14,16H,4-9,11-12H2,1-3H3. The molecule has 1 nitrogen and oxygen atoms in total. The van der Waals surface area contributed by atoms with Gasteiger partial charge in [0.1, 0.15) is 0 Å². The minimum Gasteiger partial charge on any atom is -0.261 e. The molecule has 0 radical (unpaired) electrons. The Morgan fingerprint density at radius 1 is 1.00 bits per heavy atom. The van der Waals surface area contributed by atoms with Gasteiger partial charge in [-0.05, 0) is 37.3 Å². The lowest BCUT2D eigenvalue weighted by Crippen LogP contribution is -2.03. The molecule has 0 amide bonds. The van der Waals surface area contributed by atoms with Crippen molar-refractivity contribution in [2.45, 2.75) is 78.1 Å².